The Kier molecular flexibility index (Phi) is 2.27. The molecule has 0 amide bonds. The topological polar surface area (TPSA) is 0 Å². The van der Waals surface area contributed by atoms with E-state index in [0.29, 0.717) is 5.56 Å². The number of benzene rings is 1. The van der Waals surface area contributed by atoms with Crippen molar-refractivity contribution in [1.29, 1.82) is 0 Å². The van der Waals surface area contributed by atoms with E-state index >= 15 is 0 Å². The zero-order valence-corrected chi connectivity index (χ0v) is 8.79. The fourth-order valence-corrected chi connectivity index (χ4v) is 2.74. The van der Waals surface area contributed by atoms with Crippen LogP contribution >= 0.6 is 11.3 Å². The van der Waals surface area contributed by atoms with Crippen molar-refractivity contribution in [1.82, 2.24) is 0 Å². The van der Waals surface area contributed by atoms with Crippen molar-refractivity contribution < 1.29 is 8.78 Å². The molecule has 0 saturated heterocycles. The number of hydrogen-bond acceptors (Lipinski definition) is 1. The summed E-state index contributed by atoms with van der Waals surface area (Å²) in [5.41, 5.74) is 0.870. The summed E-state index contributed by atoms with van der Waals surface area (Å²) in [6.45, 7) is 3.67. The molecule has 0 aliphatic carbocycles. The molecule has 0 fully saturated rings. The average molecular weight is 212 g/mol. The third-order valence-electron chi connectivity index (χ3n) is 2.28. The molecule has 0 atom stereocenters. The molecule has 2 rings (SSSR count). The van der Waals surface area contributed by atoms with Crippen LogP contribution in [0.15, 0.2) is 18.2 Å². The van der Waals surface area contributed by atoms with Gasteiger partial charge in [0.25, 0.3) is 6.43 Å². The van der Waals surface area contributed by atoms with Crippen molar-refractivity contribution >= 4 is 21.4 Å². The Bertz CT molecular complexity index is 471. The van der Waals surface area contributed by atoms with Gasteiger partial charge in [-0.15, -0.1) is 11.3 Å². The van der Waals surface area contributed by atoms with Gasteiger partial charge in [0.15, 0.2) is 0 Å². The minimum absolute atomic E-state index is 0.195. The Morgan fingerprint density at radius 1 is 1.21 bits per heavy atom. The van der Waals surface area contributed by atoms with Gasteiger partial charge in [0, 0.05) is 15.1 Å². The Hall–Kier alpha value is -0.960. The molecule has 0 N–H and O–H groups in total. The minimum Gasteiger partial charge on any atom is -0.205 e. The van der Waals surface area contributed by atoms with E-state index < -0.39 is 6.43 Å². The van der Waals surface area contributed by atoms with E-state index in [1.807, 2.05) is 19.1 Å². The highest BCUT2D eigenvalue weighted by molar-refractivity contribution is 7.19. The third kappa shape index (κ3) is 1.42. The van der Waals surface area contributed by atoms with Gasteiger partial charge in [-0.2, -0.15) is 0 Å². The monoisotopic (exact) mass is 212 g/mol. The second kappa shape index (κ2) is 3.31. The normalized spacial score (nSPS) is 11.5. The first-order valence-electron chi connectivity index (χ1n) is 4.37. The van der Waals surface area contributed by atoms with Crippen LogP contribution in [0.4, 0.5) is 8.78 Å². The summed E-state index contributed by atoms with van der Waals surface area (Å²) in [5.74, 6) is 0. The van der Waals surface area contributed by atoms with Crippen LogP contribution in [0.5, 0.6) is 0 Å². The predicted molar refractivity (Wildman–Crippen MR) is 56.3 cm³/mol. The first kappa shape index (κ1) is 9.59. The Morgan fingerprint density at radius 2 is 1.93 bits per heavy atom. The van der Waals surface area contributed by atoms with Gasteiger partial charge in [0.1, 0.15) is 0 Å². The van der Waals surface area contributed by atoms with Gasteiger partial charge in [0.05, 0.1) is 0 Å². The van der Waals surface area contributed by atoms with Crippen molar-refractivity contribution in [3.05, 3.63) is 34.2 Å². The van der Waals surface area contributed by atoms with E-state index in [9.17, 15) is 8.78 Å². The van der Waals surface area contributed by atoms with Crippen LogP contribution in [0.1, 0.15) is 22.4 Å². The van der Waals surface area contributed by atoms with Crippen molar-refractivity contribution in [3.8, 4) is 0 Å². The summed E-state index contributed by atoms with van der Waals surface area (Å²) in [6, 6.07) is 5.61. The molecule has 0 aliphatic rings. The summed E-state index contributed by atoms with van der Waals surface area (Å²) in [5, 5.41) is 0.924. The quantitative estimate of drug-likeness (QED) is 0.654. The highest BCUT2D eigenvalue weighted by Crippen LogP contribution is 2.35. The van der Waals surface area contributed by atoms with Gasteiger partial charge in [-0.05, 0) is 30.9 Å². The molecular weight excluding hydrogens is 202 g/mol. The minimum atomic E-state index is -2.38. The van der Waals surface area contributed by atoms with Gasteiger partial charge in [-0.25, -0.2) is 8.78 Å². The van der Waals surface area contributed by atoms with Gasteiger partial charge < -0.3 is 0 Å². The molecular formula is C11H10F2S. The van der Waals surface area contributed by atoms with Crippen LogP contribution < -0.4 is 0 Å². The maximum atomic E-state index is 12.8. The molecule has 0 radical (unpaired) electrons. The Labute approximate surface area is 85.2 Å². The molecule has 1 aromatic heterocycles. The maximum absolute atomic E-state index is 12.8. The molecule has 1 heterocycles. The van der Waals surface area contributed by atoms with Crippen LogP contribution in [0.25, 0.3) is 10.1 Å². The van der Waals surface area contributed by atoms with Crippen LogP contribution in [0, 0.1) is 13.8 Å². The van der Waals surface area contributed by atoms with E-state index in [1.165, 1.54) is 11.3 Å². The van der Waals surface area contributed by atoms with Gasteiger partial charge in [0.2, 0.25) is 0 Å². The molecule has 74 valence electrons. The Morgan fingerprint density at radius 3 is 2.57 bits per heavy atom. The standard InChI is InChI=1S/C11H10F2S/c1-6-3-4-8-5-7(2)14-10(8)9(6)11(12)13/h3-5,11H,1-2H3. The van der Waals surface area contributed by atoms with Gasteiger partial charge in [-0.1, -0.05) is 12.1 Å². The van der Waals surface area contributed by atoms with E-state index in [4.69, 9.17) is 0 Å². The molecule has 2 aromatic rings. The average Bonchev–Trinajstić information content (AvgIpc) is 2.43. The number of thiophene rings is 1. The summed E-state index contributed by atoms with van der Waals surface area (Å²) in [4.78, 5) is 1.08. The number of fused-ring (bicyclic) bond motifs is 1. The molecule has 0 nitrogen and oxygen atoms in total. The van der Waals surface area contributed by atoms with Crippen LogP contribution in [0.3, 0.4) is 0 Å². The molecule has 3 heteroatoms. The molecule has 0 spiro atoms. The molecule has 0 saturated carbocycles. The fourth-order valence-electron chi connectivity index (χ4n) is 1.62. The lowest BCUT2D eigenvalue weighted by molar-refractivity contribution is 0.152. The van der Waals surface area contributed by atoms with Gasteiger partial charge in [-0.3, -0.25) is 0 Å². The number of halogens is 2. The Balaban J connectivity index is 2.82. The van der Waals surface area contributed by atoms with Crippen molar-refractivity contribution in [3.63, 3.8) is 0 Å². The van der Waals surface area contributed by atoms with Crippen molar-refractivity contribution in [2.75, 3.05) is 0 Å². The zero-order chi connectivity index (χ0) is 10.3. The van der Waals surface area contributed by atoms with Crippen LogP contribution in [0.2, 0.25) is 0 Å². The van der Waals surface area contributed by atoms with Gasteiger partial charge >= 0.3 is 0 Å². The summed E-state index contributed by atoms with van der Waals surface area (Å²) >= 11 is 1.44. The fraction of sp³-hybridized carbons (Fsp3) is 0.273. The molecule has 0 unspecified atom stereocenters. The lowest BCUT2D eigenvalue weighted by Crippen LogP contribution is -1.88. The first-order chi connectivity index (χ1) is 6.59. The van der Waals surface area contributed by atoms with E-state index in [0.717, 1.165) is 15.0 Å². The number of alkyl halides is 2. The highest BCUT2D eigenvalue weighted by Gasteiger charge is 2.15. The SMILES string of the molecule is Cc1cc2ccc(C)c(C(F)F)c2s1. The second-order valence-electron chi connectivity index (χ2n) is 3.37. The zero-order valence-electron chi connectivity index (χ0n) is 7.97. The summed E-state index contributed by atoms with van der Waals surface area (Å²) in [6.07, 6.45) is -2.38. The van der Waals surface area contributed by atoms with E-state index in [-0.39, 0.29) is 5.56 Å². The molecule has 1 aromatic carbocycles. The largest absolute Gasteiger partial charge is 0.265 e. The van der Waals surface area contributed by atoms with E-state index in [1.54, 1.807) is 13.0 Å². The van der Waals surface area contributed by atoms with Crippen molar-refractivity contribution in [2.45, 2.75) is 20.3 Å². The molecule has 0 bridgehead atoms. The summed E-state index contributed by atoms with van der Waals surface area (Å²) < 4.78 is 26.3. The maximum Gasteiger partial charge on any atom is 0.265 e. The number of hydrogen-bond donors (Lipinski definition) is 0. The van der Waals surface area contributed by atoms with E-state index in [2.05, 4.69) is 0 Å². The van der Waals surface area contributed by atoms with Crippen molar-refractivity contribution in [2.24, 2.45) is 0 Å². The number of aryl methyl sites for hydroxylation is 2. The van der Waals surface area contributed by atoms with Crippen LogP contribution in [-0.4, -0.2) is 0 Å². The summed E-state index contributed by atoms with van der Waals surface area (Å²) in [7, 11) is 0. The molecule has 14 heavy (non-hydrogen) atoms. The highest BCUT2D eigenvalue weighted by atomic mass is 32.1. The predicted octanol–water partition coefficient (Wildman–Crippen LogP) is 4.46. The molecule has 0 aliphatic heterocycles. The smallest absolute Gasteiger partial charge is 0.205 e. The lowest BCUT2D eigenvalue weighted by atomic mass is 10.1. The second-order valence-corrected chi connectivity index (χ2v) is 4.63. The third-order valence-corrected chi connectivity index (χ3v) is 3.38. The lowest BCUT2D eigenvalue weighted by Gasteiger charge is -2.05. The number of rotatable bonds is 1. The van der Waals surface area contributed by atoms with Crippen LogP contribution in [-0.2, 0) is 0 Å². The first-order valence-corrected chi connectivity index (χ1v) is 5.19.